The summed E-state index contributed by atoms with van der Waals surface area (Å²) in [6.07, 6.45) is 6.21. The molecule has 0 amide bonds. The molecule has 28 heavy (non-hydrogen) atoms. The summed E-state index contributed by atoms with van der Waals surface area (Å²) in [6.45, 7) is 8.99. The second kappa shape index (κ2) is 10.2. The molecule has 0 radical (unpaired) electrons. The minimum absolute atomic E-state index is 0.497. The summed E-state index contributed by atoms with van der Waals surface area (Å²) < 4.78 is 5.07. The predicted molar refractivity (Wildman–Crippen MR) is 119 cm³/mol. The SMILES string of the molecule is COCCNC(=S)Nc1nc(N2CCCC(C)C2)cc(N2CCCCC2C)n1. The van der Waals surface area contributed by atoms with Crippen LogP contribution in [-0.2, 0) is 4.74 Å². The lowest BCUT2D eigenvalue weighted by Gasteiger charge is -2.36. The van der Waals surface area contributed by atoms with Gasteiger partial charge >= 0.3 is 0 Å². The Bertz CT molecular complexity index is 658. The minimum Gasteiger partial charge on any atom is -0.383 e. The van der Waals surface area contributed by atoms with Crippen molar-refractivity contribution in [2.24, 2.45) is 5.92 Å². The zero-order valence-electron chi connectivity index (χ0n) is 17.4. The highest BCUT2D eigenvalue weighted by Crippen LogP contribution is 2.29. The van der Waals surface area contributed by atoms with E-state index in [-0.39, 0.29) is 0 Å². The van der Waals surface area contributed by atoms with Gasteiger partial charge in [-0.05, 0) is 57.2 Å². The van der Waals surface area contributed by atoms with Crippen LogP contribution in [0.15, 0.2) is 6.07 Å². The number of rotatable bonds is 6. The van der Waals surface area contributed by atoms with Gasteiger partial charge < -0.3 is 25.2 Å². The van der Waals surface area contributed by atoms with Gasteiger partial charge in [-0.25, -0.2) is 0 Å². The van der Waals surface area contributed by atoms with Gasteiger partial charge in [-0.3, -0.25) is 0 Å². The average molecular weight is 407 g/mol. The second-order valence-electron chi connectivity index (χ2n) is 8.01. The van der Waals surface area contributed by atoms with Crippen molar-refractivity contribution in [3.05, 3.63) is 6.07 Å². The lowest BCUT2D eigenvalue weighted by Crippen LogP contribution is -2.39. The quantitative estimate of drug-likeness (QED) is 0.552. The van der Waals surface area contributed by atoms with Gasteiger partial charge in [-0.1, -0.05) is 6.92 Å². The minimum atomic E-state index is 0.497. The van der Waals surface area contributed by atoms with E-state index in [1.807, 2.05) is 0 Å². The van der Waals surface area contributed by atoms with Crippen LogP contribution in [0.4, 0.5) is 17.6 Å². The van der Waals surface area contributed by atoms with Crippen LogP contribution in [0, 0.1) is 5.92 Å². The summed E-state index contributed by atoms with van der Waals surface area (Å²) in [4.78, 5) is 14.4. The van der Waals surface area contributed by atoms with Crippen LogP contribution >= 0.6 is 12.2 Å². The Morgan fingerprint density at radius 1 is 1.18 bits per heavy atom. The third kappa shape index (κ3) is 5.67. The number of piperidine rings is 2. The van der Waals surface area contributed by atoms with Crippen LogP contribution < -0.4 is 20.4 Å². The maximum absolute atomic E-state index is 5.41. The van der Waals surface area contributed by atoms with Crippen molar-refractivity contribution in [1.29, 1.82) is 0 Å². The number of anilines is 3. The Morgan fingerprint density at radius 2 is 2.00 bits per heavy atom. The fraction of sp³-hybridized carbons (Fsp3) is 0.750. The van der Waals surface area contributed by atoms with Crippen molar-refractivity contribution in [2.75, 3.05) is 55.0 Å². The molecular formula is C20H34N6OS. The molecule has 3 heterocycles. The maximum Gasteiger partial charge on any atom is 0.232 e. The van der Waals surface area contributed by atoms with Crippen LogP contribution in [0.2, 0.25) is 0 Å². The van der Waals surface area contributed by atoms with Crippen LogP contribution in [0.25, 0.3) is 0 Å². The molecule has 2 saturated heterocycles. The zero-order valence-corrected chi connectivity index (χ0v) is 18.2. The van der Waals surface area contributed by atoms with Gasteiger partial charge in [-0.2, -0.15) is 9.97 Å². The highest BCUT2D eigenvalue weighted by Gasteiger charge is 2.24. The number of ether oxygens (including phenoxy) is 1. The highest BCUT2D eigenvalue weighted by atomic mass is 32.1. The van der Waals surface area contributed by atoms with Gasteiger partial charge in [0, 0.05) is 45.4 Å². The number of aromatic nitrogens is 2. The van der Waals surface area contributed by atoms with Crippen molar-refractivity contribution < 1.29 is 4.74 Å². The summed E-state index contributed by atoms with van der Waals surface area (Å²) in [5, 5.41) is 6.84. The summed E-state index contributed by atoms with van der Waals surface area (Å²) >= 11 is 5.41. The van der Waals surface area contributed by atoms with Gasteiger partial charge in [0.25, 0.3) is 0 Å². The highest BCUT2D eigenvalue weighted by molar-refractivity contribution is 7.80. The van der Waals surface area contributed by atoms with Gasteiger partial charge in [0.15, 0.2) is 5.11 Å². The first-order chi connectivity index (χ1) is 13.6. The Hall–Kier alpha value is -1.67. The Balaban J connectivity index is 1.82. The van der Waals surface area contributed by atoms with Crippen LogP contribution in [0.3, 0.4) is 0 Å². The number of thiocarbonyl (C=S) groups is 1. The number of methoxy groups -OCH3 is 1. The van der Waals surface area contributed by atoms with Crippen molar-refractivity contribution in [2.45, 2.75) is 52.0 Å². The monoisotopic (exact) mass is 406 g/mol. The number of hydrogen-bond acceptors (Lipinski definition) is 6. The molecule has 0 bridgehead atoms. The fourth-order valence-electron chi connectivity index (χ4n) is 4.04. The Kier molecular flexibility index (Phi) is 7.67. The van der Waals surface area contributed by atoms with Crippen molar-refractivity contribution in [1.82, 2.24) is 15.3 Å². The van der Waals surface area contributed by atoms with Crippen LogP contribution in [0.5, 0.6) is 0 Å². The van der Waals surface area contributed by atoms with Crippen LogP contribution in [-0.4, -0.2) is 61.0 Å². The average Bonchev–Trinajstić information content (AvgIpc) is 2.68. The summed E-state index contributed by atoms with van der Waals surface area (Å²) in [5.41, 5.74) is 0. The molecule has 2 unspecified atom stereocenters. The molecule has 2 aliphatic rings. The molecule has 156 valence electrons. The van der Waals surface area contributed by atoms with Crippen molar-refractivity contribution in [3.63, 3.8) is 0 Å². The Morgan fingerprint density at radius 3 is 2.75 bits per heavy atom. The van der Waals surface area contributed by atoms with Gasteiger partial charge in [-0.15, -0.1) is 0 Å². The maximum atomic E-state index is 5.41. The predicted octanol–water partition coefficient (Wildman–Crippen LogP) is 3.02. The molecule has 0 saturated carbocycles. The van der Waals surface area contributed by atoms with E-state index in [1.165, 1.54) is 32.1 Å². The van der Waals surface area contributed by atoms with Crippen molar-refractivity contribution >= 4 is 34.9 Å². The Labute approximate surface area is 174 Å². The molecular weight excluding hydrogens is 372 g/mol. The fourth-order valence-corrected chi connectivity index (χ4v) is 4.23. The number of nitrogens with zero attached hydrogens (tertiary/aromatic N) is 4. The lowest BCUT2D eigenvalue weighted by molar-refractivity contribution is 0.204. The smallest absolute Gasteiger partial charge is 0.232 e. The van der Waals surface area contributed by atoms with E-state index in [0.717, 1.165) is 31.3 Å². The normalized spacial score (nSPS) is 22.8. The molecule has 1 aromatic rings. The standard InChI is InChI=1S/C20H34N6OS/c1-15-7-6-10-25(14-15)17-13-18(26-11-5-4-8-16(26)2)23-19(22-17)24-20(28)21-9-12-27-3/h13,15-16H,4-12,14H2,1-3H3,(H2,21,22,23,24,28). The zero-order chi connectivity index (χ0) is 19.9. The number of nitrogens with one attached hydrogen (secondary N) is 2. The molecule has 0 spiro atoms. The first kappa shape index (κ1) is 21.0. The van der Waals surface area contributed by atoms with E-state index in [2.05, 4.69) is 40.3 Å². The molecule has 1 aromatic heterocycles. The van der Waals surface area contributed by atoms with E-state index >= 15 is 0 Å². The van der Waals surface area contributed by atoms with E-state index in [1.54, 1.807) is 7.11 Å². The molecule has 2 fully saturated rings. The van der Waals surface area contributed by atoms with E-state index < -0.39 is 0 Å². The largest absolute Gasteiger partial charge is 0.383 e. The second-order valence-corrected chi connectivity index (χ2v) is 8.42. The summed E-state index contributed by atoms with van der Waals surface area (Å²) in [6, 6.07) is 2.66. The van der Waals surface area contributed by atoms with Gasteiger partial charge in [0.2, 0.25) is 5.95 Å². The molecule has 0 aliphatic carbocycles. The topological polar surface area (TPSA) is 65.6 Å². The third-order valence-electron chi connectivity index (χ3n) is 5.59. The molecule has 0 aromatic carbocycles. The molecule has 2 atom stereocenters. The summed E-state index contributed by atoms with van der Waals surface area (Å²) in [7, 11) is 1.68. The molecule has 2 aliphatic heterocycles. The first-order valence-electron chi connectivity index (χ1n) is 10.5. The van der Waals surface area contributed by atoms with Crippen molar-refractivity contribution in [3.8, 4) is 0 Å². The third-order valence-corrected chi connectivity index (χ3v) is 5.84. The van der Waals surface area contributed by atoms with E-state index in [4.69, 9.17) is 26.9 Å². The summed E-state index contributed by atoms with van der Waals surface area (Å²) in [5.74, 6) is 3.25. The van der Waals surface area contributed by atoms with E-state index in [9.17, 15) is 0 Å². The molecule has 3 rings (SSSR count). The van der Waals surface area contributed by atoms with Crippen LogP contribution in [0.1, 0.15) is 46.0 Å². The number of hydrogen-bond donors (Lipinski definition) is 2. The van der Waals surface area contributed by atoms with Gasteiger partial charge in [0.05, 0.1) is 6.61 Å². The molecule has 2 N–H and O–H groups in total. The molecule has 8 heteroatoms. The first-order valence-corrected chi connectivity index (χ1v) is 10.9. The lowest BCUT2D eigenvalue weighted by atomic mass is 10.0. The molecule has 7 nitrogen and oxygen atoms in total. The van der Waals surface area contributed by atoms with Gasteiger partial charge in [0.1, 0.15) is 11.6 Å². The van der Waals surface area contributed by atoms with E-state index in [0.29, 0.717) is 36.2 Å².